The Morgan fingerprint density at radius 2 is 2.04 bits per heavy atom. The van der Waals surface area contributed by atoms with Crippen molar-refractivity contribution in [3.05, 3.63) is 34.8 Å². The molecular formula is C17H26N6OS. The van der Waals surface area contributed by atoms with Crippen LogP contribution in [-0.4, -0.2) is 54.6 Å². The summed E-state index contributed by atoms with van der Waals surface area (Å²) in [6, 6.07) is 3.74. The van der Waals surface area contributed by atoms with E-state index in [9.17, 15) is 4.79 Å². The Labute approximate surface area is 153 Å². The molecule has 0 saturated carbocycles. The van der Waals surface area contributed by atoms with E-state index in [-0.39, 0.29) is 12.1 Å². The number of likely N-dealkylation sites (N-methyl/N-ethyl adjacent to an activating group) is 1. The second-order valence-electron chi connectivity index (χ2n) is 5.78. The third-order valence-corrected chi connectivity index (χ3v) is 4.69. The van der Waals surface area contributed by atoms with Crippen molar-refractivity contribution in [3.63, 3.8) is 0 Å². The molecule has 0 fully saturated rings. The van der Waals surface area contributed by atoms with Gasteiger partial charge >= 0.3 is 6.03 Å². The highest BCUT2D eigenvalue weighted by molar-refractivity contribution is 7.07. The summed E-state index contributed by atoms with van der Waals surface area (Å²) < 4.78 is 0. The monoisotopic (exact) mass is 362 g/mol. The smallest absolute Gasteiger partial charge is 0.320 e. The quantitative estimate of drug-likeness (QED) is 0.755. The van der Waals surface area contributed by atoms with E-state index in [0.29, 0.717) is 12.4 Å². The first-order valence-electron chi connectivity index (χ1n) is 8.35. The molecule has 0 aliphatic carbocycles. The lowest BCUT2D eigenvalue weighted by Gasteiger charge is -2.29. The SMILES string of the molecule is CCN(CC)[C@H](CNC(=O)Nc1cc(N(C)C)ncn1)c1ccsc1. The van der Waals surface area contributed by atoms with Crippen LogP contribution in [0.3, 0.4) is 0 Å². The van der Waals surface area contributed by atoms with Crippen molar-refractivity contribution in [1.29, 1.82) is 0 Å². The van der Waals surface area contributed by atoms with Crippen molar-refractivity contribution in [1.82, 2.24) is 20.2 Å². The van der Waals surface area contributed by atoms with Gasteiger partial charge in [-0.25, -0.2) is 14.8 Å². The summed E-state index contributed by atoms with van der Waals surface area (Å²) in [6.45, 7) is 6.66. The fourth-order valence-electron chi connectivity index (χ4n) is 2.60. The van der Waals surface area contributed by atoms with E-state index >= 15 is 0 Å². The van der Waals surface area contributed by atoms with Crippen LogP contribution in [0.4, 0.5) is 16.4 Å². The van der Waals surface area contributed by atoms with Crippen molar-refractivity contribution in [2.45, 2.75) is 19.9 Å². The number of urea groups is 1. The van der Waals surface area contributed by atoms with Crippen LogP contribution in [0.25, 0.3) is 0 Å². The first-order chi connectivity index (χ1) is 12.0. The minimum absolute atomic E-state index is 0.162. The predicted molar refractivity (Wildman–Crippen MR) is 103 cm³/mol. The average molecular weight is 363 g/mol. The normalized spacial score (nSPS) is 12.0. The number of rotatable bonds is 8. The molecule has 0 radical (unpaired) electrons. The summed E-state index contributed by atoms with van der Waals surface area (Å²) in [5.74, 6) is 1.22. The number of thiophene rings is 1. The van der Waals surface area contributed by atoms with Crippen molar-refractivity contribution in [2.24, 2.45) is 0 Å². The molecule has 2 aromatic heterocycles. The molecule has 2 rings (SSSR count). The Hall–Kier alpha value is -2.19. The lowest BCUT2D eigenvalue weighted by molar-refractivity contribution is 0.210. The number of nitrogens with zero attached hydrogens (tertiary/aromatic N) is 4. The zero-order valence-corrected chi connectivity index (χ0v) is 16.0. The van der Waals surface area contributed by atoms with Crippen molar-refractivity contribution >= 4 is 29.0 Å². The number of anilines is 2. The molecule has 8 heteroatoms. The van der Waals surface area contributed by atoms with Crippen LogP contribution in [0, 0.1) is 0 Å². The van der Waals surface area contributed by atoms with Crippen LogP contribution in [0.1, 0.15) is 25.5 Å². The zero-order valence-electron chi connectivity index (χ0n) is 15.2. The maximum absolute atomic E-state index is 12.3. The maximum Gasteiger partial charge on any atom is 0.320 e. The molecular weight excluding hydrogens is 336 g/mol. The molecule has 2 amide bonds. The van der Waals surface area contributed by atoms with E-state index in [2.05, 4.69) is 56.2 Å². The first-order valence-corrected chi connectivity index (χ1v) is 9.29. The summed E-state index contributed by atoms with van der Waals surface area (Å²) >= 11 is 1.67. The van der Waals surface area contributed by atoms with Gasteiger partial charge in [-0.15, -0.1) is 0 Å². The Kier molecular flexibility index (Phi) is 7.15. The van der Waals surface area contributed by atoms with Gasteiger partial charge in [0.15, 0.2) is 0 Å². The predicted octanol–water partition coefficient (Wildman–Crippen LogP) is 2.81. The Balaban J connectivity index is 1.98. The van der Waals surface area contributed by atoms with Gasteiger partial charge in [0.25, 0.3) is 0 Å². The topological polar surface area (TPSA) is 73.4 Å². The zero-order chi connectivity index (χ0) is 18.2. The van der Waals surface area contributed by atoms with Gasteiger partial charge in [-0.3, -0.25) is 10.2 Å². The van der Waals surface area contributed by atoms with Crippen LogP contribution in [0.2, 0.25) is 0 Å². The number of carbonyl (C=O) groups is 1. The number of nitrogens with one attached hydrogen (secondary N) is 2. The minimum Gasteiger partial charge on any atom is -0.363 e. The molecule has 0 saturated heterocycles. The molecule has 2 N–H and O–H groups in total. The molecule has 0 unspecified atom stereocenters. The van der Waals surface area contributed by atoms with E-state index in [1.165, 1.54) is 11.9 Å². The lowest BCUT2D eigenvalue weighted by Crippen LogP contribution is -2.39. The second kappa shape index (κ2) is 9.33. The molecule has 0 bridgehead atoms. The summed E-state index contributed by atoms with van der Waals surface area (Å²) in [7, 11) is 3.78. The second-order valence-corrected chi connectivity index (χ2v) is 6.56. The highest BCUT2D eigenvalue weighted by Gasteiger charge is 2.19. The Morgan fingerprint density at radius 3 is 2.64 bits per heavy atom. The van der Waals surface area contributed by atoms with Crippen LogP contribution in [-0.2, 0) is 0 Å². The van der Waals surface area contributed by atoms with Crippen molar-refractivity contribution in [3.8, 4) is 0 Å². The first kappa shape index (κ1) is 19.1. The van der Waals surface area contributed by atoms with Gasteiger partial charge in [-0.2, -0.15) is 11.3 Å². The van der Waals surface area contributed by atoms with Gasteiger partial charge in [-0.1, -0.05) is 13.8 Å². The third kappa shape index (κ3) is 5.40. The van der Waals surface area contributed by atoms with Gasteiger partial charge in [0.2, 0.25) is 0 Å². The standard InChI is InChI=1S/C17H26N6OS/c1-5-23(6-2)14(13-7-8-25-11-13)10-18-17(24)21-15-9-16(22(3)4)20-12-19-15/h7-9,11-12,14H,5-6,10H2,1-4H3,(H2,18,19,20,21,24)/t14-/m1/s1. The van der Waals surface area contributed by atoms with Crippen LogP contribution >= 0.6 is 11.3 Å². The number of hydrogen-bond acceptors (Lipinski definition) is 6. The molecule has 25 heavy (non-hydrogen) atoms. The average Bonchev–Trinajstić information content (AvgIpc) is 3.13. The molecule has 0 aliphatic heterocycles. The number of amides is 2. The van der Waals surface area contributed by atoms with Gasteiger partial charge in [-0.05, 0) is 35.5 Å². The molecule has 0 aliphatic rings. The Morgan fingerprint density at radius 1 is 1.28 bits per heavy atom. The largest absolute Gasteiger partial charge is 0.363 e. The fourth-order valence-corrected chi connectivity index (χ4v) is 3.30. The van der Waals surface area contributed by atoms with Crippen LogP contribution in [0.15, 0.2) is 29.2 Å². The highest BCUT2D eigenvalue weighted by Crippen LogP contribution is 2.22. The molecule has 0 spiro atoms. The molecule has 2 heterocycles. The molecule has 2 aromatic rings. The van der Waals surface area contributed by atoms with E-state index in [4.69, 9.17) is 0 Å². The third-order valence-electron chi connectivity index (χ3n) is 3.99. The lowest BCUT2D eigenvalue weighted by atomic mass is 10.1. The van der Waals surface area contributed by atoms with E-state index in [0.717, 1.165) is 18.9 Å². The van der Waals surface area contributed by atoms with Crippen molar-refractivity contribution < 1.29 is 4.79 Å². The highest BCUT2D eigenvalue weighted by atomic mass is 32.1. The number of aromatic nitrogens is 2. The molecule has 1 atom stereocenters. The summed E-state index contributed by atoms with van der Waals surface area (Å²) in [6.07, 6.45) is 1.44. The van der Waals surface area contributed by atoms with Crippen LogP contribution < -0.4 is 15.5 Å². The Bertz CT molecular complexity index is 657. The maximum atomic E-state index is 12.3. The van der Waals surface area contributed by atoms with Crippen molar-refractivity contribution in [2.75, 3.05) is 43.9 Å². The fraction of sp³-hybridized carbons (Fsp3) is 0.471. The minimum atomic E-state index is -0.268. The molecule has 0 aromatic carbocycles. The molecule has 7 nitrogen and oxygen atoms in total. The van der Waals surface area contributed by atoms with E-state index in [1.807, 2.05) is 19.0 Å². The number of hydrogen-bond donors (Lipinski definition) is 2. The summed E-state index contributed by atoms with van der Waals surface area (Å²) in [4.78, 5) is 24.7. The van der Waals surface area contributed by atoms with Gasteiger partial charge < -0.3 is 10.2 Å². The summed E-state index contributed by atoms with van der Waals surface area (Å²) in [5.41, 5.74) is 1.23. The molecule has 136 valence electrons. The summed E-state index contributed by atoms with van der Waals surface area (Å²) in [5, 5.41) is 9.93. The van der Waals surface area contributed by atoms with E-state index in [1.54, 1.807) is 17.4 Å². The van der Waals surface area contributed by atoms with Crippen LogP contribution in [0.5, 0.6) is 0 Å². The van der Waals surface area contributed by atoms with Gasteiger partial charge in [0.1, 0.15) is 18.0 Å². The van der Waals surface area contributed by atoms with E-state index < -0.39 is 0 Å². The number of carbonyl (C=O) groups excluding carboxylic acids is 1. The van der Waals surface area contributed by atoms with Gasteiger partial charge in [0.05, 0.1) is 6.04 Å². The van der Waals surface area contributed by atoms with Gasteiger partial charge in [0, 0.05) is 26.7 Å².